The molecule has 1 amide bonds. The van der Waals surface area contributed by atoms with Crippen molar-refractivity contribution in [3.63, 3.8) is 0 Å². The first-order valence-corrected chi connectivity index (χ1v) is 12.1. The average Bonchev–Trinajstić information content (AvgIpc) is 3.21. The number of hydrogen-bond acceptors (Lipinski definition) is 4. The van der Waals surface area contributed by atoms with Gasteiger partial charge in [-0.2, -0.15) is 4.31 Å². The van der Waals surface area contributed by atoms with Crippen molar-refractivity contribution in [3.05, 3.63) is 51.7 Å². The van der Waals surface area contributed by atoms with E-state index in [1.54, 1.807) is 34.7 Å². The van der Waals surface area contributed by atoms with Gasteiger partial charge >= 0.3 is 0 Å². The van der Waals surface area contributed by atoms with Crippen molar-refractivity contribution in [2.75, 3.05) is 13.1 Å². The van der Waals surface area contributed by atoms with Gasteiger partial charge in [0.25, 0.3) is 5.91 Å². The number of aryl methyl sites for hydroxylation is 1. The molecular weight excluding hydrogens is 392 g/mol. The Balaban J connectivity index is 1.87. The van der Waals surface area contributed by atoms with Crippen molar-refractivity contribution in [2.45, 2.75) is 51.0 Å². The van der Waals surface area contributed by atoms with Gasteiger partial charge in [-0.25, -0.2) is 8.42 Å². The van der Waals surface area contributed by atoms with Crippen molar-refractivity contribution in [3.8, 4) is 0 Å². The lowest BCUT2D eigenvalue weighted by Crippen LogP contribution is -2.36. The summed E-state index contributed by atoms with van der Waals surface area (Å²) in [6.45, 7) is 7.00. The van der Waals surface area contributed by atoms with Crippen LogP contribution in [-0.4, -0.2) is 31.7 Å². The molecule has 0 bridgehead atoms. The number of amides is 1. The van der Waals surface area contributed by atoms with Crippen LogP contribution in [0.1, 0.15) is 60.0 Å². The van der Waals surface area contributed by atoms with Gasteiger partial charge in [-0.1, -0.05) is 32.4 Å². The van der Waals surface area contributed by atoms with E-state index in [1.807, 2.05) is 17.5 Å². The number of thiophene rings is 1. The topological polar surface area (TPSA) is 66.5 Å². The van der Waals surface area contributed by atoms with Crippen molar-refractivity contribution >= 4 is 27.3 Å². The Morgan fingerprint density at radius 1 is 1.14 bits per heavy atom. The van der Waals surface area contributed by atoms with Crippen LogP contribution in [0.3, 0.4) is 0 Å². The molecule has 152 valence electrons. The number of nitrogens with one attached hydrogen (secondary N) is 1. The minimum Gasteiger partial charge on any atom is -0.344 e. The first-order valence-electron chi connectivity index (χ1n) is 9.76. The Morgan fingerprint density at radius 2 is 1.86 bits per heavy atom. The normalized spacial score (nSPS) is 16.9. The Kier molecular flexibility index (Phi) is 6.58. The van der Waals surface area contributed by atoms with Gasteiger partial charge in [0.15, 0.2) is 0 Å². The number of hydrogen-bond donors (Lipinski definition) is 1. The van der Waals surface area contributed by atoms with Crippen molar-refractivity contribution in [2.24, 2.45) is 5.92 Å². The molecule has 3 rings (SSSR count). The molecule has 0 unspecified atom stereocenters. The minimum atomic E-state index is -3.58. The standard InChI is InChI=1S/C21H28N2O3S2/c1-15(2)20(18-8-7-13-27-18)22-21(24)17-10-9-16(3)19(14-17)28(25,26)23-11-5-4-6-12-23/h7-10,13-15,20H,4-6,11-12H2,1-3H3,(H,22,24)/t20-/m0/s1. The van der Waals surface area contributed by atoms with E-state index < -0.39 is 10.0 Å². The molecule has 0 spiro atoms. The number of benzene rings is 1. The second-order valence-corrected chi connectivity index (χ2v) is 10.5. The van der Waals surface area contributed by atoms with E-state index in [0.717, 1.165) is 24.1 Å². The summed E-state index contributed by atoms with van der Waals surface area (Å²) in [5.74, 6) is -0.0215. The van der Waals surface area contributed by atoms with Crippen molar-refractivity contribution < 1.29 is 13.2 Å². The second-order valence-electron chi connectivity index (χ2n) is 7.66. The summed E-state index contributed by atoms with van der Waals surface area (Å²) in [6.07, 6.45) is 2.83. The smallest absolute Gasteiger partial charge is 0.251 e. The first kappa shape index (κ1) is 21.0. The fraction of sp³-hybridized carbons (Fsp3) is 0.476. The fourth-order valence-corrected chi connectivity index (χ4v) is 6.24. The highest BCUT2D eigenvalue weighted by atomic mass is 32.2. The lowest BCUT2D eigenvalue weighted by atomic mass is 10.0. The highest BCUT2D eigenvalue weighted by Gasteiger charge is 2.28. The van der Waals surface area contributed by atoms with Gasteiger partial charge in [-0.3, -0.25) is 4.79 Å². The predicted molar refractivity (Wildman–Crippen MR) is 113 cm³/mol. The number of nitrogens with zero attached hydrogens (tertiary/aromatic N) is 1. The summed E-state index contributed by atoms with van der Waals surface area (Å²) in [4.78, 5) is 14.2. The van der Waals surface area contributed by atoms with E-state index in [-0.39, 0.29) is 22.8 Å². The van der Waals surface area contributed by atoms with Crippen LogP contribution in [0.2, 0.25) is 0 Å². The maximum Gasteiger partial charge on any atom is 0.251 e. The molecule has 0 saturated carbocycles. The third kappa shape index (κ3) is 4.47. The number of carbonyl (C=O) groups is 1. The zero-order valence-corrected chi connectivity index (χ0v) is 18.3. The Hall–Kier alpha value is -1.70. The Labute approximate surface area is 171 Å². The van der Waals surface area contributed by atoms with Crippen LogP contribution in [0.4, 0.5) is 0 Å². The van der Waals surface area contributed by atoms with Crippen LogP contribution in [0, 0.1) is 12.8 Å². The summed E-state index contributed by atoms with van der Waals surface area (Å²) < 4.78 is 27.7. The van der Waals surface area contributed by atoms with Crippen molar-refractivity contribution in [1.82, 2.24) is 9.62 Å². The largest absolute Gasteiger partial charge is 0.344 e. The van der Waals surface area contributed by atoms with Crippen LogP contribution in [-0.2, 0) is 10.0 Å². The zero-order valence-electron chi connectivity index (χ0n) is 16.6. The van der Waals surface area contributed by atoms with Crippen LogP contribution < -0.4 is 5.32 Å². The lowest BCUT2D eigenvalue weighted by Gasteiger charge is -2.27. The van der Waals surface area contributed by atoms with E-state index in [9.17, 15) is 13.2 Å². The van der Waals surface area contributed by atoms with Crippen LogP contribution >= 0.6 is 11.3 Å². The van der Waals surface area contributed by atoms with Gasteiger partial charge in [0.05, 0.1) is 10.9 Å². The zero-order chi connectivity index (χ0) is 20.3. The summed E-state index contributed by atoms with van der Waals surface area (Å²) in [5, 5.41) is 5.07. The van der Waals surface area contributed by atoms with E-state index in [1.165, 1.54) is 6.07 Å². The predicted octanol–water partition coefficient (Wildman–Crippen LogP) is 4.36. The van der Waals surface area contributed by atoms with E-state index in [0.29, 0.717) is 24.2 Å². The monoisotopic (exact) mass is 420 g/mol. The molecular formula is C21H28N2O3S2. The van der Waals surface area contributed by atoms with Gasteiger partial charge in [0.2, 0.25) is 10.0 Å². The molecule has 1 aliphatic heterocycles. The Morgan fingerprint density at radius 3 is 2.46 bits per heavy atom. The van der Waals surface area contributed by atoms with Gasteiger partial charge in [0.1, 0.15) is 0 Å². The molecule has 0 aliphatic carbocycles. The lowest BCUT2D eigenvalue weighted by molar-refractivity contribution is 0.0926. The quantitative estimate of drug-likeness (QED) is 0.755. The maximum atomic E-state index is 13.1. The molecule has 1 aromatic carbocycles. The molecule has 5 nitrogen and oxygen atoms in total. The molecule has 2 heterocycles. The summed E-state index contributed by atoms with van der Waals surface area (Å²) in [5.41, 5.74) is 1.05. The van der Waals surface area contributed by atoms with E-state index in [2.05, 4.69) is 19.2 Å². The van der Waals surface area contributed by atoms with Crippen LogP contribution in [0.15, 0.2) is 40.6 Å². The van der Waals surface area contributed by atoms with Crippen molar-refractivity contribution in [1.29, 1.82) is 0 Å². The third-order valence-corrected chi connectivity index (χ3v) is 8.18. The first-order chi connectivity index (χ1) is 13.3. The fourth-order valence-electron chi connectivity index (χ4n) is 3.52. The number of carbonyl (C=O) groups excluding carboxylic acids is 1. The molecule has 1 N–H and O–H groups in total. The second kappa shape index (κ2) is 8.76. The highest BCUT2D eigenvalue weighted by Crippen LogP contribution is 2.28. The SMILES string of the molecule is Cc1ccc(C(=O)N[C@H](c2cccs2)C(C)C)cc1S(=O)(=O)N1CCCCC1. The summed E-state index contributed by atoms with van der Waals surface area (Å²) in [7, 11) is -3.58. The Bertz CT molecular complexity index is 915. The molecule has 1 aromatic heterocycles. The van der Waals surface area contributed by atoms with E-state index >= 15 is 0 Å². The van der Waals surface area contributed by atoms with Crippen LogP contribution in [0.5, 0.6) is 0 Å². The third-order valence-electron chi connectivity index (χ3n) is 5.19. The number of piperidine rings is 1. The molecule has 28 heavy (non-hydrogen) atoms. The average molecular weight is 421 g/mol. The maximum absolute atomic E-state index is 13.1. The highest BCUT2D eigenvalue weighted by molar-refractivity contribution is 7.89. The summed E-state index contributed by atoms with van der Waals surface area (Å²) >= 11 is 1.61. The van der Waals surface area contributed by atoms with Gasteiger partial charge in [-0.05, 0) is 54.8 Å². The minimum absolute atomic E-state index is 0.101. The number of rotatable bonds is 6. The summed E-state index contributed by atoms with van der Waals surface area (Å²) in [6, 6.07) is 8.83. The number of sulfonamides is 1. The molecule has 0 radical (unpaired) electrons. The molecule has 7 heteroatoms. The molecule has 1 atom stereocenters. The molecule has 1 saturated heterocycles. The van der Waals surface area contributed by atoms with Gasteiger partial charge < -0.3 is 5.32 Å². The molecule has 1 fully saturated rings. The van der Waals surface area contributed by atoms with E-state index in [4.69, 9.17) is 0 Å². The van der Waals surface area contributed by atoms with Crippen LogP contribution in [0.25, 0.3) is 0 Å². The van der Waals surface area contributed by atoms with Gasteiger partial charge in [0, 0.05) is 23.5 Å². The molecule has 1 aliphatic rings. The molecule has 2 aromatic rings. The van der Waals surface area contributed by atoms with Gasteiger partial charge in [-0.15, -0.1) is 11.3 Å².